The van der Waals surface area contributed by atoms with Crippen LogP contribution in [0.3, 0.4) is 0 Å². The average molecular weight is 311 g/mol. The lowest BCUT2D eigenvalue weighted by atomic mass is 9.82. The molecule has 1 unspecified atom stereocenters. The van der Waals surface area contributed by atoms with Crippen LogP contribution in [0.15, 0.2) is 22.7 Å². The fraction of sp³-hybridized carbons (Fsp3) is 0.600. The second kappa shape index (κ2) is 5.72. The summed E-state index contributed by atoms with van der Waals surface area (Å²) in [5.74, 6) is 0. The van der Waals surface area contributed by atoms with Crippen LogP contribution in [0.25, 0.3) is 0 Å². The minimum atomic E-state index is 0.163. The molecule has 2 N–H and O–H groups in total. The largest absolute Gasteiger partial charge is 0.315 e. The van der Waals surface area contributed by atoms with E-state index in [0.29, 0.717) is 6.04 Å². The third-order valence-electron chi connectivity index (χ3n) is 3.82. The van der Waals surface area contributed by atoms with E-state index in [2.05, 4.69) is 65.5 Å². The molecule has 2 rings (SSSR count). The van der Waals surface area contributed by atoms with Gasteiger partial charge in [-0.3, -0.25) is 0 Å². The summed E-state index contributed by atoms with van der Waals surface area (Å²) in [6.45, 7) is 10.1. The Morgan fingerprint density at radius 2 is 2.22 bits per heavy atom. The van der Waals surface area contributed by atoms with Crippen molar-refractivity contribution in [2.24, 2.45) is 0 Å². The molecule has 1 aromatic carbocycles. The molecule has 1 fully saturated rings. The summed E-state index contributed by atoms with van der Waals surface area (Å²) in [6, 6.07) is 7.20. The number of halogens is 1. The highest BCUT2D eigenvalue weighted by Crippen LogP contribution is 2.28. The quantitative estimate of drug-likeness (QED) is 0.893. The molecule has 100 valence electrons. The SMILES string of the molecule is Cc1ccc(Br)cc1C(C)(C)CNC1CCNC1. The fourth-order valence-electron chi connectivity index (χ4n) is 2.65. The molecule has 1 aromatic rings. The summed E-state index contributed by atoms with van der Waals surface area (Å²) < 4.78 is 1.17. The molecule has 1 aliphatic heterocycles. The van der Waals surface area contributed by atoms with E-state index in [0.717, 1.165) is 19.6 Å². The van der Waals surface area contributed by atoms with E-state index in [-0.39, 0.29) is 5.41 Å². The van der Waals surface area contributed by atoms with Crippen LogP contribution in [-0.2, 0) is 5.41 Å². The Bertz CT molecular complexity index is 409. The van der Waals surface area contributed by atoms with Crippen LogP contribution in [0.4, 0.5) is 0 Å². The molecule has 0 radical (unpaired) electrons. The monoisotopic (exact) mass is 310 g/mol. The first-order chi connectivity index (χ1) is 8.49. The molecule has 0 spiro atoms. The van der Waals surface area contributed by atoms with Crippen molar-refractivity contribution in [2.75, 3.05) is 19.6 Å². The summed E-state index contributed by atoms with van der Waals surface area (Å²) in [4.78, 5) is 0. The Hall–Kier alpha value is -0.380. The van der Waals surface area contributed by atoms with Gasteiger partial charge in [0.1, 0.15) is 0 Å². The van der Waals surface area contributed by atoms with E-state index < -0.39 is 0 Å². The van der Waals surface area contributed by atoms with Crippen LogP contribution >= 0.6 is 15.9 Å². The molecule has 1 saturated heterocycles. The predicted octanol–water partition coefficient (Wildman–Crippen LogP) is 2.99. The van der Waals surface area contributed by atoms with Gasteiger partial charge in [0.25, 0.3) is 0 Å². The van der Waals surface area contributed by atoms with Gasteiger partial charge in [-0.05, 0) is 43.1 Å². The minimum Gasteiger partial charge on any atom is -0.315 e. The van der Waals surface area contributed by atoms with Gasteiger partial charge in [0.05, 0.1) is 0 Å². The van der Waals surface area contributed by atoms with E-state index in [1.54, 1.807) is 0 Å². The van der Waals surface area contributed by atoms with Gasteiger partial charge >= 0.3 is 0 Å². The van der Waals surface area contributed by atoms with Gasteiger partial charge in [-0.15, -0.1) is 0 Å². The van der Waals surface area contributed by atoms with E-state index in [9.17, 15) is 0 Å². The van der Waals surface area contributed by atoms with Crippen molar-refractivity contribution in [2.45, 2.75) is 38.6 Å². The molecular weight excluding hydrogens is 288 g/mol. The van der Waals surface area contributed by atoms with Gasteiger partial charge in [-0.2, -0.15) is 0 Å². The van der Waals surface area contributed by atoms with Gasteiger partial charge in [-0.25, -0.2) is 0 Å². The van der Waals surface area contributed by atoms with Crippen LogP contribution in [0.2, 0.25) is 0 Å². The topological polar surface area (TPSA) is 24.1 Å². The summed E-state index contributed by atoms with van der Waals surface area (Å²) in [5.41, 5.74) is 2.96. The third-order valence-corrected chi connectivity index (χ3v) is 4.31. The highest BCUT2D eigenvalue weighted by molar-refractivity contribution is 9.10. The maximum atomic E-state index is 3.69. The minimum absolute atomic E-state index is 0.163. The molecule has 2 nitrogen and oxygen atoms in total. The maximum absolute atomic E-state index is 3.69. The van der Waals surface area contributed by atoms with Crippen molar-refractivity contribution in [3.63, 3.8) is 0 Å². The lowest BCUT2D eigenvalue weighted by Gasteiger charge is -2.29. The lowest BCUT2D eigenvalue weighted by molar-refractivity contribution is 0.427. The van der Waals surface area contributed by atoms with Crippen LogP contribution in [0.5, 0.6) is 0 Å². The van der Waals surface area contributed by atoms with Crippen molar-refractivity contribution in [1.29, 1.82) is 0 Å². The zero-order valence-corrected chi connectivity index (χ0v) is 13.1. The van der Waals surface area contributed by atoms with Gasteiger partial charge in [0.2, 0.25) is 0 Å². The van der Waals surface area contributed by atoms with Crippen molar-refractivity contribution in [1.82, 2.24) is 10.6 Å². The van der Waals surface area contributed by atoms with Crippen LogP contribution in [-0.4, -0.2) is 25.7 Å². The highest BCUT2D eigenvalue weighted by Gasteiger charge is 2.24. The van der Waals surface area contributed by atoms with Crippen molar-refractivity contribution in [3.05, 3.63) is 33.8 Å². The first kappa shape index (κ1) is 14.0. The molecule has 1 atom stereocenters. The van der Waals surface area contributed by atoms with E-state index in [4.69, 9.17) is 0 Å². The standard InChI is InChI=1S/C15H23BrN2/c1-11-4-5-12(16)8-14(11)15(2,3)10-18-13-6-7-17-9-13/h4-5,8,13,17-18H,6-7,9-10H2,1-3H3. The van der Waals surface area contributed by atoms with E-state index in [1.807, 2.05) is 0 Å². The molecule has 1 heterocycles. The predicted molar refractivity (Wildman–Crippen MR) is 81.2 cm³/mol. The maximum Gasteiger partial charge on any atom is 0.0204 e. The van der Waals surface area contributed by atoms with Crippen molar-refractivity contribution in [3.8, 4) is 0 Å². The zero-order chi connectivity index (χ0) is 13.2. The number of nitrogens with one attached hydrogen (secondary N) is 2. The molecule has 0 amide bonds. The second-order valence-corrected chi connectivity index (χ2v) is 6.83. The molecule has 3 heteroatoms. The first-order valence-electron chi connectivity index (χ1n) is 6.70. The molecule has 1 aliphatic rings. The normalized spacial score (nSPS) is 20.3. The molecule has 0 saturated carbocycles. The molecule has 0 aromatic heterocycles. The van der Waals surface area contributed by atoms with Crippen LogP contribution < -0.4 is 10.6 Å². The summed E-state index contributed by atoms with van der Waals surface area (Å²) >= 11 is 3.58. The number of aryl methyl sites for hydroxylation is 1. The Balaban J connectivity index is 2.06. The number of rotatable bonds is 4. The van der Waals surface area contributed by atoms with E-state index >= 15 is 0 Å². The van der Waals surface area contributed by atoms with Gasteiger partial charge in [0, 0.05) is 29.0 Å². The Morgan fingerprint density at radius 3 is 2.89 bits per heavy atom. The van der Waals surface area contributed by atoms with Crippen molar-refractivity contribution < 1.29 is 0 Å². The van der Waals surface area contributed by atoms with Crippen LogP contribution in [0, 0.1) is 6.92 Å². The third kappa shape index (κ3) is 3.34. The van der Waals surface area contributed by atoms with Crippen LogP contribution in [0.1, 0.15) is 31.4 Å². The lowest BCUT2D eigenvalue weighted by Crippen LogP contribution is -2.40. The fourth-order valence-corrected chi connectivity index (χ4v) is 3.01. The second-order valence-electron chi connectivity index (χ2n) is 5.91. The molecular formula is C15H23BrN2. The zero-order valence-electron chi connectivity index (χ0n) is 11.5. The van der Waals surface area contributed by atoms with E-state index in [1.165, 1.54) is 22.0 Å². The number of hydrogen-bond acceptors (Lipinski definition) is 2. The van der Waals surface area contributed by atoms with Gasteiger partial charge < -0.3 is 10.6 Å². The smallest absolute Gasteiger partial charge is 0.0204 e. The Labute approximate surface area is 119 Å². The summed E-state index contributed by atoms with van der Waals surface area (Å²) in [6.07, 6.45) is 1.24. The Morgan fingerprint density at radius 1 is 1.44 bits per heavy atom. The highest BCUT2D eigenvalue weighted by atomic mass is 79.9. The number of hydrogen-bond donors (Lipinski definition) is 2. The number of benzene rings is 1. The van der Waals surface area contributed by atoms with Gasteiger partial charge in [0.15, 0.2) is 0 Å². The molecule has 18 heavy (non-hydrogen) atoms. The molecule has 0 aliphatic carbocycles. The summed E-state index contributed by atoms with van der Waals surface area (Å²) in [5, 5.41) is 7.09. The average Bonchev–Trinajstić information content (AvgIpc) is 2.83. The van der Waals surface area contributed by atoms with Gasteiger partial charge in [-0.1, -0.05) is 35.8 Å². The Kier molecular flexibility index (Phi) is 4.46. The first-order valence-corrected chi connectivity index (χ1v) is 7.49. The van der Waals surface area contributed by atoms with Crippen molar-refractivity contribution >= 4 is 15.9 Å². The summed E-state index contributed by atoms with van der Waals surface area (Å²) in [7, 11) is 0. The molecule has 0 bridgehead atoms.